The standard InChI is InChI=1S/C32H26N2/c1-3-9-23(10-4-1)25-15-19-27(20-16-25)31-32(34-30-14-8-7-13-29(30)33-31)28-21-17-26(18-22-28)24-11-5-2-6-12-24/h1-6,9-12,15-22H,7-8,13-14H2. The SMILES string of the molecule is c1ccc(-c2ccc(-c3nc4c(nc3-c3ccc(-c5ccccc5)cc3)CCCC4)cc2)cc1. The number of hydrogen-bond acceptors (Lipinski definition) is 2. The van der Waals surface area contributed by atoms with E-state index in [1.165, 1.54) is 35.1 Å². The molecule has 164 valence electrons. The van der Waals surface area contributed by atoms with E-state index in [9.17, 15) is 0 Å². The number of rotatable bonds is 4. The second-order valence-electron chi connectivity index (χ2n) is 8.91. The topological polar surface area (TPSA) is 25.8 Å². The lowest BCUT2D eigenvalue weighted by Gasteiger charge is -2.18. The molecule has 2 nitrogen and oxygen atoms in total. The molecule has 0 spiro atoms. The van der Waals surface area contributed by atoms with Gasteiger partial charge in [0.1, 0.15) is 0 Å². The Labute approximate surface area is 201 Å². The van der Waals surface area contributed by atoms with E-state index >= 15 is 0 Å². The zero-order chi connectivity index (χ0) is 22.7. The van der Waals surface area contributed by atoms with Gasteiger partial charge in [-0.05, 0) is 47.9 Å². The maximum absolute atomic E-state index is 5.18. The van der Waals surface area contributed by atoms with Crippen molar-refractivity contribution in [3.05, 3.63) is 121 Å². The van der Waals surface area contributed by atoms with Crippen LogP contribution in [0.2, 0.25) is 0 Å². The van der Waals surface area contributed by atoms with Crippen molar-refractivity contribution in [2.45, 2.75) is 25.7 Å². The fraction of sp³-hybridized carbons (Fsp3) is 0.125. The average molecular weight is 439 g/mol. The minimum absolute atomic E-state index is 0.979. The van der Waals surface area contributed by atoms with Gasteiger partial charge in [0.2, 0.25) is 0 Å². The summed E-state index contributed by atoms with van der Waals surface area (Å²) in [4.78, 5) is 10.4. The first-order valence-corrected chi connectivity index (χ1v) is 12.1. The van der Waals surface area contributed by atoms with E-state index in [1.807, 2.05) is 0 Å². The maximum atomic E-state index is 5.18. The average Bonchev–Trinajstić information content (AvgIpc) is 2.93. The predicted molar refractivity (Wildman–Crippen MR) is 140 cm³/mol. The van der Waals surface area contributed by atoms with Gasteiger partial charge in [-0.15, -0.1) is 0 Å². The number of fused-ring (bicyclic) bond motifs is 1. The van der Waals surface area contributed by atoms with Crippen molar-refractivity contribution in [1.82, 2.24) is 9.97 Å². The molecule has 34 heavy (non-hydrogen) atoms. The first-order chi connectivity index (χ1) is 16.8. The van der Waals surface area contributed by atoms with Crippen LogP contribution in [-0.2, 0) is 12.8 Å². The molecule has 0 bridgehead atoms. The van der Waals surface area contributed by atoms with Gasteiger partial charge in [0.05, 0.1) is 22.8 Å². The van der Waals surface area contributed by atoms with E-state index < -0.39 is 0 Å². The Morgan fingerprint density at radius 2 is 0.676 bits per heavy atom. The zero-order valence-corrected chi connectivity index (χ0v) is 19.1. The third-order valence-electron chi connectivity index (χ3n) is 6.66. The molecule has 0 unspecified atom stereocenters. The summed E-state index contributed by atoms with van der Waals surface area (Å²) in [7, 11) is 0. The maximum Gasteiger partial charge on any atom is 0.0968 e. The third-order valence-corrected chi connectivity index (χ3v) is 6.66. The van der Waals surface area contributed by atoms with Crippen molar-refractivity contribution in [3.63, 3.8) is 0 Å². The summed E-state index contributed by atoms with van der Waals surface area (Å²) in [5.41, 5.74) is 11.4. The van der Waals surface area contributed by atoms with Crippen LogP contribution in [0.15, 0.2) is 109 Å². The summed E-state index contributed by atoms with van der Waals surface area (Å²) >= 11 is 0. The van der Waals surface area contributed by atoms with Crippen molar-refractivity contribution in [3.8, 4) is 44.8 Å². The number of aryl methyl sites for hydroxylation is 2. The summed E-state index contributed by atoms with van der Waals surface area (Å²) in [6.45, 7) is 0. The fourth-order valence-corrected chi connectivity index (χ4v) is 4.79. The van der Waals surface area contributed by atoms with Gasteiger partial charge in [0.25, 0.3) is 0 Å². The molecule has 0 fully saturated rings. The van der Waals surface area contributed by atoms with Crippen LogP contribution < -0.4 is 0 Å². The highest BCUT2D eigenvalue weighted by Gasteiger charge is 2.19. The lowest BCUT2D eigenvalue weighted by atomic mass is 9.96. The van der Waals surface area contributed by atoms with E-state index in [1.54, 1.807) is 0 Å². The van der Waals surface area contributed by atoms with Crippen LogP contribution in [0.5, 0.6) is 0 Å². The first kappa shape index (κ1) is 20.6. The zero-order valence-electron chi connectivity index (χ0n) is 19.1. The van der Waals surface area contributed by atoms with E-state index in [2.05, 4.69) is 109 Å². The Bertz CT molecular complexity index is 1290. The summed E-state index contributed by atoms with van der Waals surface area (Å²) in [6, 6.07) is 38.5. The minimum atomic E-state index is 0.979. The molecule has 2 heteroatoms. The quantitative estimate of drug-likeness (QED) is 0.284. The highest BCUT2D eigenvalue weighted by atomic mass is 14.9. The number of aromatic nitrogens is 2. The Balaban J connectivity index is 1.42. The molecule has 1 aromatic heterocycles. The van der Waals surface area contributed by atoms with Crippen LogP contribution in [0.1, 0.15) is 24.2 Å². The van der Waals surface area contributed by atoms with E-state index in [-0.39, 0.29) is 0 Å². The van der Waals surface area contributed by atoms with Crippen molar-refractivity contribution >= 4 is 0 Å². The predicted octanol–water partition coefficient (Wildman–Crippen LogP) is 8.02. The molecule has 0 atom stereocenters. The molecule has 5 aromatic rings. The van der Waals surface area contributed by atoms with E-state index in [4.69, 9.17) is 9.97 Å². The van der Waals surface area contributed by atoms with Crippen molar-refractivity contribution < 1.29 is 0 Å². The lowest BCUT2D eigenvalue weighted by molar-refractivity contribution is 0.651. The Morgan fingerprint density at radius 3 is 1.06 bits per heavy atom. The first-order valence-electron chi connectivity index (χ1n) is 12.1. The summed E-state index contributed by atoms with van der Waals surface area (Å²) in [5.74, 6) is 0. The molecule has 4 aromatic carbocycles. The largest absolute Gasteiger partial charge is 0.249 e. The molecular formula is C32H26N2. The monoisotopic (exact) mass is 438 g/mol. The second kappa shape index (κ2) is 9.07. The Hall–Kier alpha value is -4.04. The molecule has 0 saturated heterocycles. The van der Waals surface area contributed by atoms with Crippen LogP contribution in [-0.4, -0.2) is 9.97 Å². The Morgan fingerprint density at radius 1 is 0.353 bits per heavy atom. The molecule has 0 saturated carbocycles. The number of hydrogen-bond donors (Lipinski definition) is 0. The van der Waals surface area contributed by atoms with Crippen LogP contribution in [0.3, 0.4) is 0 Å². The van der Waals surface area contributed by atoms with Gasteiger partial charge in [-0.1, -0.05) is 109 Å². The normalized spacial score (nSPS) is 12.8. The molecule has 1 aliphatic carbocycles. The smallest absolute Gasteiger partial charge is 0.0968 e. The lowest BCUT2D eigenvalue weighted by Crippen LogP contribution is -2.10. The highest BCUT2D eigenvalue weighted by Crippen LogP contribution is 2.34. The van der Waals surface area contributed by atoms with E-state index in [0.717, 1.165) is 46.7 Å². The van der Waals surface area contributed by atoms with Gasteiger partial charge in [0, 0.05) is 11.1 Å². The van der Waals surface area contributed by atoms with Crippen molar-refractivity contribution in [2.24, 2.45) is 0 Å². The molecule has 0 radical (unpaired) electrons. The molecule has 0 amide bonds. The van der Waals surface area contributed by atoms with Crippen molar-refractivity contribution in [1.29, 1.82) is 0 Å². The highest BCUT2D eigenvalue weighted by molar-refractivity contribution is 5.81. The van der Waals surface area contributed by atoms with Gasteiger partial charge < -0.3 is 0 Å². The molecule has 6 rings (SSSR count). The Kier molecular flexibility index (Phi) is 5.48. The van der Waals surface area contributed by atoms with Crippen molar-refractivity contribution in [2.75, 3.05) is 0 Å². The van der Waals surface area contributed by atoms with Gasteiger partial charge in [-0.2, -0.15) is 0 Å². The van der Waals surface area contributed by atoms with Crippen LogP contribution >= 0.6 is 0 Å². The number of nitrogens with zero attached hydrogens (tertiary/aromatic N) is 2. The molecule has 1 heterocycles. The molecule has 1 aliphatic rings. The second-order valence-corrected chi connectivity index (χ2v) is 8.91. The van der Waals surface area contributed by atoms with Gasteiger partial charge in [-0.25, -0.2) is 9.97 Å². The summed E-state index contributed by atoms with van der Waals surface area (Å²) in [6.07, 6.45) is 4.42. The van der Waals surface area contributed by atoms with Gasteiger partial charge >= 0.3 is 0 Å². The fourth-order valence-electron chi connectivity index (χ4n) is 4.79. The summed E-state index contributed by atoms with van der Waals surface area (Å²) in [5, 5.41) is 0. The minimum Gasteiger partial charge on any atom is -0.249 e. The van der Waals surface area contributed by atoms with Gasteiger partial charge in [-0.3, -0.25) is 0 Å². The molecule has 0 aliphatic heterocycles. The van der Waals surface area contributed by atoms with E-state index in [0.29, 0.717) is 0 Å². The summed E-state index contributed by atoms with van der Waals surface area (Å²) < 4.78 is 0. The number of benzene rings is 4. The molecular weight excluding hydrogens is 412 g/mol. The third kappa shape index (κ3) is 4.04. The van der Waals surface area contributed by atoms with Crippen LogP contribution in [0.4, 0.5) is 0 Å². The van der Waals surface area contributed by atoms with Crippen LogP contribution in [0, 0.1) is 0 Å². The van der Waals surface area contributed by atoms with Crippen LogP contribution in [0.25, 0.3) is 44.8 Å². The molecule has 0 N–H and O–H groups in total. The van der Waals surface area contributed by atoms with Gasteiger partial charge in [0.15, 0.2) is 0 Å².